The number of hydrogen-bond acceptors (Lipinski definition) is 2. The molecule has 0 fully saturated rings. The average Bonchev–Trinajstić information content (AvgIpc) is 2.14. The number of pyridine rings is 1. The maximum Gasteiger partial charge on any atom is 0.0995 e. The number of rotatable bonds is 2. The molecule has 0 atom stereocenters. The van der Waals surface area contributed by atoms with Gasteiger partial charge in [-0.1, -0.05) is 20.8 Å². The van der Waals surface area contributed by atoms with Crippen molar-refractivity contribution >= 4 is 5.84 Å². The van der Waals surface area contributed by atoms with Crippen LogP contribution < -0.4 is 5.73 Å². The molecule has 0 spiro atoms. The summed E-state index contributed by atoms with van der Waals surface area (Å²) in [5.74, 6) is 0.689. The largest absolute Gasteiger partial charge is 0.387 e. The Morgan fingerprint density at radius 2 is 1.93 bits per heavy atom. The minimum atomic E-state index is -0.0486. The minimum absolute atomic E-state index is 0.0486. The molecule has 0 unspecified atom stereocenters. The quantitative estimate of drug-likeness (QED) is 0.574. The molecule has 0 amide bonds. The third-order valence-electron chi connectivity index (χ3n) is 1.95. The molecule has 0 saturated heterocycles. The van der Waals surface area contributed by atoms with Crippen molar-refractivity contribution in [2.24, 2.45) is 16.1 Å². The van der Waals surface area contributed by atoms with Crippen molar-refractivity contribution in [1.29, 1.82) is 0 Å². The second-order valence-corrected chi connectivity index (χ2v) is 4.31. The first-order chi connectivity index (χ1) is 6.50. The maximum absolute atomic E-state index is 5.83. The third kappa shape index (κ3) is 3.17. The van der Waals surface area contributed by atoms with Crippen molar-refractivity contribution in [1.82, 2.24) is 4.98 Å². The molecule has 1 aromatic rings. The number of hydrogen-bond donors (Lipinski definition) is 1. The molecule has 3 nitrogen and oxygen atoms in total. The Hall–Kier alpha value is -1.38. The average molecular weight is 191 g/mol. The molecule has 14 heavy (non-hydrogen) atoms. The van der Waals surface area contributed by atoms with Gasteiger partial charge in [-0.3, -0.25) is 9.98 Å². The van der Waals surface area contributed by atoms with E-state index < -0.39 is 0 Å². The van der Waals surface area contributed by atoms with Crippen LogP contribution in [0.3, 0.4) is 0 Å². The highest BCUT2D eigenvalue weighted by molar-refractivity contribution is 5.85. The Kier molecular flexibility index (Phi) is 3.23. The molecule has 2 N–H and O–H groups in total. The van der Waals surface area contributed by atoms with Gasteiger partial charge < -0.3 is 5.73 Å². The maximum atomic E-state index is 5.83. The van der Waals surface area contributed by atoms with Crippen molar-refractivity contribution in [3.8, 4) is 0 Å². The molecule has 0 radical (unpaired) electrons. The Balaban J connectivity index is 2.65. The van der Waals surface area contributed by atoms with Gasteiger partial charge in [0.1, 0.15) is 0 Å². The van der Waals surface area contributed by atoms with Crippen LogP contribution in [0.15, 0.2) is 29.5 Å². The van der Waals surface area contributed by atoms with Crippen LogP contribution in [0.2, 0.25) is 0 Å². The zero-order valence-corrected chi connectivity index (χ0v) is 8.99. The molecule has 1 heterocycles. The standard InChI is InChI=1S/C11H17N3/c1-11(2,3)10(12)14-8-9-4-6-13-7-5-9/h4-7H,8H2,1-3H3,(H2,12,14). The van der Waals surface area contributed by atoms with Gasteiger partial charge in [0.15, 0.2) is 0 Å². The monoisotopic (exact) mass is 191 g/mol. The van der Waals surface area contributed by atoms with Crippen LogP contribution >= 0.6 is 0 Å². The summed E-state index contributed by atoms with van der Waals surface area (Å²) in [4.78, 5) is 8.27. The summed E-state index contributed by atoms with van der Waals surface area (Å²) >= 11 is 0. The van der Waals surface area contributed by atoms with E-state index in [1.54, 1.807) is 12.4 Å². The fourth-order valence-corrected chi connectivity index (χ4v) is 0.902. The van der Waals surface area contributed by atoms with Crippen LogP contribution in [0.5, 0.6) is 0 Å². The predicted molar refractivity (Wildman–Crippen MR) is 59.0 cm³/mol. The third-order valence-corrected chi connectivity index (χ3v) is 1.95. The fourth-order valence-electron chi connectivity index (χ4n) is 0.902. The Labute approximate surface area is 85.1 Å². The van der Waals surface area contributed by atoms with Gasteiger partial charge in [-0.25, -0.2) is 0 Å². The smallest absolute Gasteiger partial charge is 0.0995 e. The molecule has 3 heteroatoms. The van der Waals surface area contributed by atoms with E-state index >= 15 is 0 Å². The molecule has 0 saturated carbocycles. The lowest BCUT2D eigenvalue weighted by Crippen LogP contribution is -2.28. The second kappa shape index (κ2) is 4.22. The number of aliphatic imine (C=N–C) groups is 1. The summed E-state index contributed by atoms with van der Waals surface area (Å²) in [5, 5.41) is 0. The van der Waals surface area contributed by atoms with Crippen molar-refractivity contribution in [3.05, 3.63) is 30.1 Å². The van der Waals surface area contributed by atoms with Crippen LogP contribution in [-0.4, -0.2) is 10.8 Å². The van der Waals surface area contributed by atoms with Crippen LogP contribution in [0, 0.1) is 5.41 Å². The summed E-state index contributed by atoms with van der Waals surface area (Å²) in [6.07, 6.45) is 3.52. The minimum Gasteiger partial charge on any atom is -0.387 e. The first kappa shape index (κ1) is 10.7. The van der Waals surface area contributed by atoms with E-state index in [2.05, 4.69) is 30.7 Å². The molecule has 1 rings (SSSR count). The number of nitrogens with zero attached hydrogens (tertiary/aromatic N) is 2. The van der Waals surface area contributed by atoms with Crippen molar-refractivity contribution in [3.63, 3.8) is 0 Å². The summed E-state index contributed by atoms with van der Waals surface area (Å²) in [7, 11) is 0. The van der Waals surface area contributed by atoms with E-state index in [0.29, 0.717) is 12.4 Å². The lowest BCUT2D eigenvalue weighted by Gasteiger charge is -2.17. The van der Waals surface area contributed by atoms with E-state index in [1.165, 1.54) is 0 Å². The fraction of sp³-hybridized carbons (Fsp3) is 0.455. The highest BCUT2D eigenvalue weighted by Crippen LogP contribution is 2.13. The van der Waals surface area contributed by atoms with Gasteiger partial charge in [-0.05, 0) is 17.7 Å². The molecular weight excluding hydrogens is 174 g/mol. The normalized spacial score (nSPS) is 12.9. The molecule has 1 aromatic heterocycles. The van der Waals surface area contributed by atoms with Gasteiger partial charge in [0.25, 0.3) is 0 Å². The number of aromatic nitrogens is 1. The van der Waals surface area contributed by atoms with Crippen LogP contribution in [0.25, 0.3) is 0 Å². The van der Waals surface area contributed by atoms with Crippen LogP contribution in [0.1, 0.15) is 26.3 Å². The summed E-state index contributed by atoms with van der Waals surface area (Å²) in [5.41, 5.74) is 6.92. The zero-order valence-electron chi connectivity index (χ0n) is 8.99. The Morgan fingerprint density at radius 1 is 1.36 bits per heavy atom. The van der Waals surface area contributed by atoms with Crippen molar-refractivity contribution in [2.75, 3.05) is 0 Å². The lowest BCUT2D eigenvalue weighted by molar-refractivity contribution is 0.581. The van der Waals surface area contributed by atoms with Gasteiger partial charge in [0, 0.05) is 17.8 Å². The summed E-state index contributed by atoms with van der Waals surface area (Å²) in [6, 6.07) is 3.89. The molecule has 0 aliphatic heterocycles. The number of nitrogens with two attached hydrogens (primary N) is 1. The first-order valence-electron chi connectivity index (χ1n) is 4.69. The second-order valence-electron chi connectivity index (χ2n) is 4.31. The topological polar surface area (TPSA) is 51.3 Å². The Bertz CT molecular complexity index is 309. The molecule has 0 aliphatic carbocycles. The highest BCUT2D eigenvalue weighted by atomic mass is 14.9. The summed E-state index contributed by atoms with van der Waals surface area (Å²) in [6.45, 7) is 6.79. The van der Waals surface area contributed by atoms with Gasteiger partial charge in [-0.2, -0.15) is 0 Å². The van der Waals surface area contributed by atoms with Gasteiger partial charge >= 0.3 is 0 Å². The van der Waals surface area contributed by atoms with E-state index in [4.69, 9.17) is 5.73 Å². The van der Waals surface area contributed by atoms with Crippen LogP contribution in [0.4, 0.5) is 0 Å². The highest BCUT2D eigenvalue weighted by Gasteiger charge is 2.14. The molecule has 0 aromatic carbocycles. The van der Waals surface area contributed by atoms with Crippen molar-refractivity contribution < 1.29 is 0 Å². The van der Waals surface area contributed by atoms with E-state index in [9.17, 15) is 0 Å². The van der Waals surface area contributed by atoms with E-state index in [1.807, 2.05) is 12.1 Å². The predicted octanol–water partition coefficient (Wildman–Crippen LogP) is 1.98. The van der Waals surface area contributed by atoms with Gasteiger partial charge in [-0.15, -0.1) is 0 Å². The summed E-state index contributed by atoms with van der Waals surface area (Å²) < 4.78 is 0. The van der Waals surface area contributed by atoms with Crippen LogP contribution in [-0.2, 0) is 6.54 Å². The molecular formula is C11H17N3. The zero-order chi connectivity index (χ0) is 10.6. The molecule has 0 aliphatic rings. The Morgan fingerprint density at radius 3 is 2.43 bits per heavy atom. The molecule has 0 bridgehead atoms. The van der Waals surface area contributed by atoms with Crippen molar-refractivity contribution in [2.45, 2.75) is 27.3 Å². The number of amidine groups is 1. The van der Waals surface area contributed by atoms with E-state index in [0.717, 1.165) is 5.56 Å². The van der Waals surface area contributed by atoms with Gasteiger partial charge in [0.2, 0.25) is 0 Å². The van der Waals surface area contributed by atoms with E-state index in [-0.39, 0.29) is 5.41 Å². The lowest BCUT2D eigenvalue weighted by atomic mass is 9.95. The SMILES string of the molecule is CC(C)(C)C(N)=NCc1ccncc1. The molecule has 76 valence electrons. The van der Waals surface area contributed by atoms with Gasteiger partial charge in [0.05, 0.1) is 12.4 Å². The first-order valence-corrected chi connectivity index (χ1v) is 4.69.